The lowest BCUT2D eigenvalue weighted by Gasteiger charge is -2.00. The van der Waals surface area contributed by atoms with Gasteiger partial charge in [0.05, 0.1) is 6.54 Å². The van der Waals surface area contributed by atoms with E-state index in [1.807, 2.05) is 30.3 Å². The number of hydrogen-bond acceptors (Lipinski definition) is 4. The Labute approximate surface area is 101 Å². The van der Waals surface area contributed by atoms with Crippen molar-refractivity contribution in [1.82, 2.24) is 25.5 Å². The van der Waals surface area contributed by atoms with Crippen molar-refractivity contribution >= 4 is 0 Å². The summed E-state index contributed by atoms with van der Waals surface area (Å²) >= 11 is 0. The van der Waals surface area contributed by atoms with Gasteiger partial charge in [0.25, 0.3) is 0 Å². The minimum absolute atomic E-state index is 0.682. The second-order valence-corrected chi connectivity index (χ2v) is 3.82. The number of rotatable bonds is 6. The summed E-state index contributed by atoms with van der Waals surface area (Å²) in [5.74, 6) is 0.682. The molecule has 0 aliphatic rings. The molecule has 2 aromatic rings. The lowest BCUT2D eigenvalue weighted by molar-refractivity contribution is 0.492. The zero-order valence-electron chi connectivity index (χ0n) is 10.0. The first kappa shape index (κ1) is 11.7. The molecule has 0 atom stereocenters. The fraction of sp³-hybridized carbons (Fsp3) is 0.417. The maximum atomic E-state index is 4.33. The predicted octanol–water partition coefficient (Wildman–Crippen LogP) is 1.34. The second kappa shape index (κ2) is 6.10. The summed E-state index contributed by atoms with van der Waals surface area (Å²) in [5.41, 5.74) is 1.00. The summed E-state index contributed by atoms with van der Waals surface area (Å²) < 4.78 is 0. The van der Waals surface area contributed by atoms with Gasteiger partial charge in [0.15, 0.2) is 0 Å². The topological polar surface area (TPSA) is 55.6 Å². The molecule has 0 unspecified atom stereocenters. The summed E-state index contributed by atoms with van der Waals surface area (Å²) in [4.78, 5) is 1.63. The van der Waals surface area contributed by atoms with Crippen LogP contribution in [0.25, 0.3) is 11.4 Å². The van der Waals surface area contributed by atoms with E-state index in [0.717, 1.165) is 31.6 Å². The van der Waals surface area contributed by atoms with Crippen LogP contribution in [-0.2, 0) is 6.54 Å². The molecule has 90 valence electrons. The molecule has 0 saturated heterocycles. The van der Waals surface area contributed by atoms with E-state index in [4.69, 9.17) is 0 Å². The van der Waals surface area contributed by atoms with E-state index >= 15 is 0 Å². The van der Waals surface area contributed by atoms with Crippen LogP contribution in [0, 0.1) is 0 Å². The molecule has 0 radical (unpaired) electrons. The standard InChI is InChI=1S/C12H17N5/c1-2-8-13-9-10-17-15-12(14-16-17)11-6-4-3-5-7-11/h3-7,13H,2,8-10H2,1H3. The number of nitrogens with one attached hydrogen (secondary N) is 1. The van der Waals surface area contributed by atoms with E-state index < -0.39 is 0 Å². The molecule has 2 rings (SSSR count). The van der Waals surface area contributed by atoms with Crippen molar-refractivity contribution < 1.29 is 0 Å². The Morgan fingerprint density at radius 1 is 1.18 bits per heavy atom. The van der Waals surface area contributed by atoms with Crippen molar-refractivity contribution in [3.05, 3.63) is 30.3 Å². The number of nitrogens with zero attached hydrogens (tertiary/aromatic N) is 4. The van der Waals surface area contributed by atoms with Gasteiger partial charge < -0.3 is 5.32 Å². The number of tetrazole rings is 1. The van der Waals surface area contributed by atoms with Gasteiger partial charge in [-0.3, -0.25) is 0 Å². The lowest BCUT2D eigenvalue weighted by Crippen LogP contribution is -2.21. The van der Waals surface area contributed by atoms with Crippen LogP contribution < -0.4 is 5.32 Å². The summed E-state index contributed by atoms with van der Waals surface area (Å²) in [7, 11) is 0. The van der Waals surface area contributed by atoms with Crippen molar-refractivity contribution in [3.8, 4) is 11.4 Å². The molecule has 1 N–H and O–H groups in total. The maximum absolute atomic E-state index is 4.33. The zero-order valence-corrected chi connectivity index (χ0v) is 10.0. The van der Waals surface area contributed by atoms with Crippen molar-refractivity contribution in [1.29, 1.82) is 0 Å². The minimum atomic E-state index is 0.682. The largest absolute Gasteiger partial charge is 0.315 e. The average Bonchev–Trinajstić information content (AvgIpc) is 2.85. The van der Waals surface area contributed by atoms with Crippen LogP contribution in [0.3, 0.4) is 0 Å². The number of aromatic nitrogens is 4. The van der Waals surface area contributed by atoms with E-state index in [0.29, 0.717) is 5.82 Å². The SMILES string of the molecule is CCCNCCn1nnc(-c2ccccc2)n1. The molecule has 5 heteroatoms. The number of hydrogen-bond donors (Lipinski definition) is 1. The molecule has 0 spiro atoms. The highest BCUT2D eigenvalue weighted by atomic mass is 15.6. The Balaban J connectivity index is 1.92. The van der Waals surface area contributed by atoms with Crippen molar-refractivity contribution in [2.24, 2.45) is 0 Å². The molecule has 17 heavy (non-hydrogen) atoms. The van der Waals surface area contributed by atoms with Crippen molar-refractivity contribution in [2.45, 2.75) is 19.9 Å². The van der Waals surface area contributed by atoms with Gasteiger partial charge in [0, 0.05) is 12.1 Å². The fourth-order valence-corrected chi connectivity index (χ4v) is 1.52. The first-order valence-corrected chi connectivity index (χ1v) is 5.94. The summed E-state index contributed by atoms with van der Waals surface area (Å²) in [5, 5.41) is 15.7. The van der Waals surface area contributed by atoms with Gasteiger partial charge in [-0.1, -0.05) is 37.3 Å². The molecule has 0 aliphatic heterocycles. The third-order valence-electron chi connectivity index (χ3n) is 2.40. The quantitative estimate of drug-likeness (QED) is 0.762. The van der Waals surface area contributed by atoms with Gasteiger partial charge in [0.2, 0.25) is 5.82 Å². The first-order valence-electron chi connectivity index (χ1n) is 5.94. The van der Waals surface area contributed by atoms with Gasteiger partial charge in [-0.2, -0.15) is 4.80 Å². The molecule has 1 heterocycles. The maximum Gasteiger partial charge on any atom is 0.204 e. The van der Waals surface area contributed by atoms with E-state index in [2.05, 4.69) is 27.7 Å². The van der Waals surface area contributed by atoms with Crippen molar-refractivity contribution in [2.75, 3.05) is 13.1 Å². The second-order valence-electron chi connectivity index (χ2n) is 3.82. The van der Waals surface area contributed by atoms with Crippen LogP contribution in [0.5, 0.6) is 0 Å². The molecule has 0 bridgehead atoms. The van der Waals surface area contributed by atoms with Crippen LogP contribution in [0.1, 0.15) is 13.3 Å². The smallest absolute Gasteiger partial charge is 0.204 e. The molecule has 0 saturated carbocycles. The Morgan fingerprint density at radius 3 is 2.76 bits per heavy atom. The third-order valence-corrected chi connectivity index (χ3v) is 2.40. The Morgan fingerprint density at radius 2 is 2.00 bits per heavy atom. The van der Waals surface area contributed by atoms with Crippen molar-refractivity contribution in [3.63, 3.8) is 0 Å². The minimum Gasteiger partial charge on any atom is -0.315 e. The van der Waals surface area contributed by atoms with E-state index in [1.54, 1.807) is 4.80 Å². The Kier molecular flexibility index (Phi) is 4.21. The van der Waals surface area contributed by atoms with E-state index in [-0.39, 0.29) is 0 Å². The monoisotopic (exact) mass is 231 g/mol. The molecule has 0 fully saturated rings. The van der Waals surface area contributed by atoms with Crippen LogP contribution in [0.4, 0.5) is 0 Å². The zero-order chi connectivity index (χ0) is 11.9. The van der Waals surface area contributed by atoms with Crippen LogP contribution in [0.2, 0.25) is 0 Å². The van der Waals surface area contributed by atoms with Crippen LogP contribution in [0.15, 0.2) is 30.3 Å². The number of benzene rings is 1. The highest BCUT2D eigenvalue weighted by Crippen LogP contribution is 2.11. The molecule has 1 aromatic carbocycles. The normalized spacial score (nSPS) is 10.6. The first-order chi connectivity index (χ1) is 8.40. The molecular formula is C12H17N5. The summed E-state index contributed by atoms with van der Waals surface area (Å²) in [6.45, 7) is 4.80. The van der Waals surface area contributed by atoms with E-state index in [1.165, 1.54) is 0 Å². The van der Waals surface area contributed by atoms with Crippen LogP contribution in [-0.4, -0.2) is 33.3 Å². The third kappa shape index (κ3) is 3.35. The highest BCUT2D eigenvalue weighted by Gasteiger charge is 2.04. The van der Waals surface area contributed by atoms with Gasteiger partial charge in [-0.15, -0.1) is 10.2 Å². The highest BCUT2D eigenvalue weighted by molar-refractivity contribution is 5.52. The van der Waals surface area contributed by atoms with Gasteiger partial charge in [-0.25, -0.2) is 0 Å². The Hall–Kier alpha value is -1.75. The van der Waals surface area contributed by atoms with Gasteiger partial charge in [-0.05, 0) is 18.2 Å². The van der Waals surface area contributed by atoms with Crippen LogP contribution >= 0.6 is 0 Å². The molecule has 0 aliphatic carbocycles. The fourth-order valence-electron chi connectivity index (χ4n) is 1.52. The summed E-state index contributed by atoms with van der Waals surface area (Å²) in [6, 6.07) is 9.88. The predicted molar refractivity (Wildman–Crippen MR) is 66.4 cm³/mol. The van der Waals surface area contributed by atoms with Gasteiger partial charge >= 0.3 is 0 Å². The van der Waals surface area contributed by atoms with E-state index in [9.17, 15) is 0 Å². The summed E-state index contributed by atoms with van der Waals surface area (Å²) in [6.07, 6.45) is 1.14. The van der Waals surface area contributed by atoms with Gasteiger partial charge in [0.1, 0.15) is 0 Å². The molecule has 1 aromatic heterocycles. The molecular weight excluding hydrogens is 214 g/mol. The Bertz CT molecular complexity index is 437. The molecule has 5 nitrogen and oxygen atoms in total. The molecule has 0 amide bonds. The average molecular weight is 231 g/mol. The lowest BCUT2D eigenvalue weighted by atomic mass is 10.2.